The van der Waals surface area contributed by atoms with Crippen LogP contribution in [0, 0.1) is 26.7 Å². The summed E-state index contributed by atoms with van der Waals surface area (Å²) < 4.78 is 1.98. The van der Waals surface area contributed by atoms with Gasteiger partial charge in [0.15, 0.2) is 5.82 Å². The summed E-state index contributed by atoms with van der Waals surface area (Å²) in [6.07, 6.45) is 1.59. The predicted octanol–water partition coefficient (Wildman–Crippen LogP) is 4.34. The lowest BCUT2D eigenvalue weighted by Gasteiger charge is -2.31. The molecule has 0 saturated carbocycles. The van der Waals surface area contributed by atoms with E-state index >= 15 is 0 Å². The predicted molar refractivity (Wildman–Crippen MR) is 132 cm³/mol. The average Bonchev–Trinajstić information content (AvgIpc) is 3.47. The smallest absolute Gasteiger partial charge is 0.223 e. The number of benzene rings is 1. The van der Waals surface area contributed by atoms with E-state index in [1.165, 1.54) is 10.4 Å². The molecule has 1 N–H and O–H groups in total. The van der Waals surface area contributed by atoms with Crippen molar-refractivity contribution in [3.05, 3.63) is 63.6 Å². The first-order valence-corrected chi connectivity index (χ1v) is 12.2. The summed E-state index contributed by atoms with van der Waals surface area (Å²) in [5, 5.41) is 20.1. The molecule has 0 unspecified atom stereocenters. The molecule has 1 saturated heterocycles. The lowest BCUT2D eigenvalue weighted by Crippen LogP contribution is -2.40. The highest BCUT2D eigenvalue weighted by Crippen LogP contribution is 2.31. The molecule has 33 heavy (non-hydrogen) atoms. The van der Waals surface area contributed by atoms with Gasteiger partial charge in [0.05, 0.1) is 29.0 Å². The quantitative estimate of drug-likeness (QED) is 0.480. The number of rotatable bonds is 5. The summed E-state index contributed by atoms with van der Waals surface area (Å²) in [7, 11) is 0. The van der Waals surface area contributed by atoms with Gasteiger partial charge in [-0.05, 0) is 57.2 Å². The van der Waals surface area contributed by atoms with Crippen LogP contribution in [0.25, 0.3) is 16.6 Å². The summed E-state index contributed by atoms with van der Waals surface area (Å²) in [6.45, 7) is 8.28. The average molecular weight is 461 g/mol. The molecular formula is C25H28N6OS. The number of hydrogen-bond acceptors (Lipinski definition) is 6. The van der Waals surface area contributed by atoms with Gasteiger partial charge in [0.25, 0.3) is 0 Å². The molecule has 1 fully saturated rings. The first-order chi connectivity index (χ1) is 16.0. The Morgan fingerprint density at radius 1 is 1.09 bits per heavy atom. The number of piperidine rings is 1. The Morgan fingerprint density at radius 3 is 2.55 bits per heavy atom. The van der Waals surface area contributed by atoms with Crippen LogP contribution in [0.4, 0.5) is 5.82 Å². The van der Waals surface area contributed by atoms with Crippen LogP contribution in [0.1, 0.15) is 34.7 Å². The molecule has 0 radical (unpaired) electrons. The highest BCUT2D eigenvalue weighted by atomic mass is 32.1. The zero-order valence-electron chi connectivity index (χ0n) is 19.2. The number of amides is 1. The lowest BCUT2D eigenvalue weighted by atomic mass is 9.96. The second-order valence-corrected chi connectivity index (χ2v) is 9.76. The number of carbonyl (C=O) groups is 1. The van der Waals surface area contributed by atoms with Crippen LogP contribution in [0.15, 0.2) is 41.8 Å². The number of aromatic nitrogens is 4. The number of anilines is 1. The largest absolute Gasteiger partial charge is 0.353 e. The van der Waals surface area contributed by atoms with Crippen LogP contribution >= 0.6 is 11.3 Å². The Kier molecular flexibility index (Phi) is 5.85. The number of hydrogen-bond donors (Lipinski definition) is 1. The third-order valence-corrected chi connectivity index (χ3v) is 7.32. The first-order valence-electron chi connectivity index (χ1n) is 11.4. The van der Waals surface area contributed by atoms with Crippen LogP contribution in [-0.4, -0.2) is 39.0 Å². The maximum absolute atomic E-state index is 12.7. The Morgan fingerprint density at radius 2 is 1.85 bits per heavy atom. The molecule has 5 rings (SSSR count). The van der Waals surface area contributed by atoms with Gasteiger partial charge in [-0.2, -0.15) is 10.2 Å². The lowest BCUT2D eigenvalue weighted by molar-refractivity contribution is -0.125. The molecule has 1 aliphatic heterocycles. The number of fused-ring (bicyclic) bond motifs is 1. The summed E-state index contributed by atoms with van der Waals surface area (Å²) >= 11 is 1.67. The number of aryl methyl sites for hydroxylation is 3. The summed E-state index contributed by atoms with van der Waals surface area (Å²) in [5.74, 6) is 0.978. The molecule has 4 heterocycles. The monoisotopic (exact) mass is 460 g/mol. The van der Waals surface area contributed by atoms with Crippen LogP contribution in [-0.2, 0) is 11.3 Å². The van der Waals surface area contributed by atoms with Crippen molar-refractivity contribution in [3.8, 4) is 5.69 Å². The fourth-order valence-corrected chi connectivity index (χ4v) is 5.19. The summed E-state index contributed by atoms with van der Waals surface area (Å²) in [5.41, 5.74) is 5.07. The molecule has 1 amide bonds. The van der Waals surface area contributed by atoms with Crippen molar-refractivity contribution in [2.24, 2.45) is 5.92 Å². The molecule has 0 spiro atoms. The van der Waals surface area contributed by atoms with Crippen LogP contribution < -0.4 is 10.2 Å². The van der Waals surface area contributed by atoms with Crippen molar-refractivity contribution in [1.82, 2.24) is 25.3 Å². The maximum Gasteiger partial charge on any atom is 0.223 e. The SMILES string of the molecule is Cc1ccc(-n2nc3c(N4CCC(C(=O)NCc5cccs5)CC4)nnc(C)c3c2C)cc1. The van der Waals surface area contributed by atoms with Crippen molar-refractivity contribution in [1.29, 1.82) is 0 Å². The number of carbonyl (C=O) groups excluding carboxylic acids is 1. The van der Waals surface area contributed by atoms with E-state index in [0.29, 0.717) is 6.54 Å². The molecule has 4 aromatic rings. The Hall–Kier alpha value is -3.26. The summed E-state index contributed by atoms with van der Waals surface area (Å²) in [6, 6.07) is 12.4. The fraction of sp³-hybridized carbons (Fsp3) is 0.360. The van der Waals surface area contributed by atoms with Gasteiger partial charge >= 0.3 is 0 Å². The van der Waals surface area contributed by atoms with E-state index in [4.69, 9.17) is 5.10 Å². The topological polar surface area (TPSA) is 75.9 Å². The Balaban J connectivity index is 1.35. The molecule has 8 heteroatoms. The molecule has 0 aliphatic carbocycles. The molecular weight excluding hydrogens is 432 g/mol. The van der Waals surface area contributed by atoms with Gasteiger partial charge in [0, 0.05) is 23.9 Å². The van der Waals surface area contributed by atoms with Crippen molar-refractivity contribution in [2.45, 2.75) is 40.2 Å². The van der Waals surface area contributed by atoms with Gasteiger partial charge in [-0.25, -0.2) is 4.68 Å². The minimum absolute atomic E-state index is 0.0296. The van der Waals surface area contributed by atoms with Gasteiger partial charge < -0.3 is 10.2 Å². The Bertz CT molecular complexity index is 1270. The van der Waals surface area contributed by atoms with E-state index in [1.54, 1.807) is 11.3 Å². The normalized spacial score (nSPS) is 14.7. The van der Waals surface area contributed by atoms with Crippen LogP contribution in [0.5, 0.6) is 0 Å². The zero-order chi connectivity index (χ0) is 22.9. The van der Waals surface area contributed by atoms with Gasteiger partial charge in [0.1, 0.15) is 5.52 Å². The van der Waals surface area contributed by atoms with Gasteiger partial charge in [-0.1, -0.05) is 23.8 Å². The van der Waals surface area contributed by atoms with Crippen molar-refractivity contribution < 1.29 is 4.79 Å². The van der Waals surface area contributed by atoms with Crippen molar-refractivity contribution >= 4 is 34.0 Å². The molecule has 1 aliphatic rings. The van der Waals surface area contributed by atoms with Gasteiger partial charge in [-0.15, -0.1) is 16.4 Å². The highest BCUT2D eigenvalue weighted by Gasteiger charge is 2.28. The van der Waals surface area contributed by atoms with E-state index in [2.05, 4.69) is 58.5 Å². The molecule has 7 nitrogen and oxygen atoms in total. The van der Waals surface area contributed by atoms with Crippen LogP contribution in [0.3, 0.4) is 0 Å². The molecule has 0 bridgehead atoms. The van der Waals surface area contributed by atoms with E-state index < -0.39 is 0 Å². The van der Waals surface area contributed by atoms with Crippen LogP contribution in [0.2, 0.25) is 0 Å². The number of nitrogens with one attached hydrogen (secondary N) is 1. The second-order valence-electron chi connectivity index (χ2n) is 8.72. The number of thiophene rings is 1. The standard InChI is InChI=1S/C25H28N6OS/c1-16-6-8-20(9-7-16)31-18(3)22-17(2)27-28-24(23(22)29-31)30-12-10-19(11-13-30)25(32)26-15-21-5-4-14-33-21/h4-9,14,19H,10-13,15H2,1-3H3,(H,26,32). The van der Waals surface area contributed by atoms with E-state index in [-0.39, 0.29) is 11.8 Å². The summed E-state index contributed by atoms with van der Waals surface area (Å²) in [4.78, 5) is 16.1. The molecule has 3 aromatic heterocycles. The number of nitrogens with zero attached hydrogens (tertiary/aromatic N) is 5. The molecule has 170 valence electrons. The fourth-order valence-electron chi connectivity index (χ4n) is 4.55. The van der Waals surface area contributed by atoms with Crippen molar-refractivity contribution in [3.63, 3.8) is 0 Å². The second kappa shape index (κ2) is 8.94. The van der Waals surface area contributed by atoms with Gasteiger partial charge in [0.2, 0.25) is 5.91 Å². The van der Waals surface area contributed by atoms with E-state index in [1.807, 2.05) is 29.1 Å². The minimum Gasteiger partial charge on any atom is -0.353 e. The minimum atomic E-state index is 0.0296. The Labute approximate surface area is 197 Å². The highest BCUT2D eigenvalue weighted by molar-refractivity contribution is 7.09. The van der Waals surface area contributed by atoms with E-state index in [0.717, 1.165) is 59.7 Å². The third kappa shape index (κ3) is 4.23. The first kappa shape index (κ1) is 21.6. The zero-order valence-corrected chi connectivity index (χ0v) is 20.0. The maximum atomic E-state index is 12.7. The third-order valence-electron chi connectivity index (χ3n) is 6.45. The van der Waals surface area contributed by atoms with Gasteiger partial charge in [-0.3, -0.25) is 4.79 Å². The molecule has 1 aromatic carbocycles. The van der Waals surface area contributed by atoms with Crippen molar-refractivity contribution in [2.75, 3.05) is 18.0 Å². The van der Waals surface area contributed by atoms with E-state index in [9.17, 15) is 4.79 Å². The molecule has 0 atom stereocenters.